The van der Waals surface area contributed by atoms with Crippen molar-refractivity contribution < 1.29 is 13.2 Å². The lowest BCUT2D eigenvalue weighted by Gasteiger charge is -2.32. The second-order valence-corrected chi connectivity index (χ2v) is 10.9. The van der Waals surface area contributed by atoms with Crippen LogP contribution in [0.3, 0.4) is 0 Å². The first-order valence-corrected chi connectivity index (χ1v) is 13.0. The van der Waals surface area contributed by atoms with Gasteiger partial charge in [-0.2, -0.15) is 4.31 Å². The Kier molecular flexibility index (Phi) is 6.62. The summed E-state index contributed by atoms with van der Waals surface area (Å²) in [5, 5.41) is 11.6. The Morgan fingerprint density at radius 1 is 1.16 bits per heavy atom. The van der Waals surface area contributed by atoms with Gasteiger partial charge in [0.2, 0.25) is 15.9 Å². The summed E-state index contributed by atoms with van der Waals surface area (Å²) in [7, 11) is -3.62. The topological polar surface area (TPSA) is 97.2 Å². The molecule has 0 bridgehead atoms. The number of carbonyl (C=O) groups excluding carboxylic acids is 1. The van der Waals surface area contributed by atoms with Gasteiger partial charge in [-0.3, -0.25) is 4.79 Å². The quantitative estimate of drug-likeness (QED) is 0.733. The van der Waals surface area contributed by atoms with E-state index in [0.717, 1.165) is 24.8 Å². The highest BCUT2D eigenvalue weighted by atomic mass is 32.2. The molecule has 1 amide bonds. The number of carbonyl (C=O) groups is 1. The summed E-state index contributed by atoms with van der Waals surface area (Å²) in [5.74, 6) is -0.0155. The van der Waals surface area contributed by atoms with E-state index in [1.807, 2.05) is 4.68 Å². The van der Waals surface area contributed by atoms with Gasteiger partial charge in [-0.15, -0.1) is 5.10 Å². The Balaban J connectivity index is 1.41. The average Bonchev–Trinajstić information content (AvgIpc) is 3.22. The molecule has 9 heteroatoms. The Labute approximate surface area is 184 Å². The predicted molar refractivity (Wildman–Crippen MR) is 119 cm³/mol. The molecule has 170 valence electrons. The summed E-state index contributed by atoms with van der Waals surface area (Å²) in [4.78, 5) is 12.9. The molecule has 8 nitrogen and oxygen atoms in total. The average molecular weight is 448 g/mol. The molecule has 1 atom stereocenters. The molecule has 1 aromatic heterocycles. The third-order valence-electron chi connectivity index (χ3n) is 6.86. The monoisotopic (exact) mass is 447 g/mol. The molecule has 2 fully saturated rings. The van der Waals surface area contributed by atoms with Crippen molar-refractivity contribution in [1.82, 2.24) is 24.6 Å². The maximum Gasteiger partial charge on any atom is 0.243 e. The number of piperidine rings is 1. The molecule has 31 heavy (non-hydrogen) atoms. The number of rotatable bonds is 6. The highest BCUT2D eigenvalue weighted by molar-refractivity contribution is 7.89. The number of hydrogen-bond donors (Lipinski definition) is 1. The minimum Gasteiger partial charge on any atom is -0.353 e. The standard InChI is InChI=1S/C22H33N5O3S/c1-3-16(2)27-21-10-9-19(15-20(21)24-25-27)31(29,30)26-13-11-17(12-14-26)22(28)23-18-7-5-4-6-8-18/h9-10,15-18H,3-8,11-14H2,1-2H3,(H,23,28)/t16-/m0/s1. The van der Waals surface area contributed by atoms with Gasteiger partial charge in [0, 0.05) is 25.0 Å². The molecule has 1 saturated heterocycles. The van der Waals surface area contributed by atoms with Crippen LogP contribution in [0, 0.1) is 5.92 Å². The zero-order valence-corrected chi connectivity index (χ0v) is 19.3. The second kappa shape index (κ2) is 9.24. The molecule has 4 rings (SSSR count). The zero-order chi connectivity index (χ0) is 22.0. The summed E-state index contributed by atoms with van der Waals surface area (Å²) in [6, 6.07) is 5.53. The second-order valence-electron chi connectivity index (χ2n) is 8.96. The molecule has 1 aromatic carbocycles. The molecule has 2 aromatic rings. The molecule has 2 heterocycles. The summed E-state index contributed by atoms with van der Waals surface area (Å²) in [6.07, 6.45) is 7.76. The van der Waals surface area contributed by atoms with Gasteiger partial charge >= 0.3 is 0 Å². The van der Waals surface area contributed by atoms with Crippen molar-refractivity contribution >= 4 is 27.0 Å². The van der Waals surface area contributed by atoms with Gasteiger partial charge in [0.05, 0.1) is 16.5 Å². The van der Waals surface area contributed by atoms with Crippen LogP contribution in [0.2, 0.25) is 0 Å². The Bertz CT molecular complexity index is 1020. The van der Waals surface area contributed by atoms with Crippen LogP contribution >= 0.6 is 0 Å². The maximum atomic E-state index is 13.2. The largest absolute Gasteiger partial charge is 0.353 e. The number of aromatic nitrogens is 3. The molecule has 1 aliphatic carbocycles. The number of sulfonamides is 1. The first-order chi connectivity index (χ1) is 14.9. The summed E-state index contributed by atoms with van der Waals surface area (Å²) in [6.45, 7) is 4.87. The highest BCUT2D eigenvalue weighted by Crippen LogP contribution is 2.27. The van der Waals surface area contributed by atoms with E-state index in [4.69, 9.17) is 0 Å². The van der Waals surface area contributed by atoms with Gasteiger partial charge in [-0.25, -0.2) is 13.1 Å². The zero-order valence-electron chi connectivity index (χ0n) is 18.5. The minimum atomic E-state index is -3.62. The van der Waals surface area contributed by atoms with E-state index < -0.39 is 10.0 Å². The van der Waals surface area contributed by atoms with Gasteiger partial charge in [-0.05, 0) is 57.2 Å². The molecule has 1 aliphatic heterocycles. The van der Waals surface area contributed by atoms with Crippen LogP contribution in [-0.4, -0.2) is 52.8 Å². The summed E-state index contributed by atoms with van der Waals surface area (Å²) >= 11 is 0. The third kappa shape index (κ3) is 4.62. The van der Waals surface area contributed by atoms with Gasteiger partial charge in [-0.1, -0.05) is 31.4 Å². The first-order valence-electron chi connectivity index (χ1n) is 11.6. The lowest BCUT2D eigenvalue weighted by Crippen LogP contribution is -2.45. The smallest absolute Gasteiger partial charge is 0.243 e. The fraction of sp³-hybridized carbons (Fsp3) is 0.682. The number of amides is 1. The van der Waals surface area contributed by atoms with E-state index in [1.54, 1.807) is 18.2 Å². The number of fused-ring (bicyclic) bond motifs is 1. The summed E-state index contributed by atoms with van der Waals surface area (Å²) in [5.41, 5.74) is 1.43. The number of benzene rings is 1. The van der Waals surface area contributed by atoms with E-state index in [1.165, 1.54) is 23.6 Å². The molecule has 2 aliphatic rings. The highest BCUT2D eigenvalue weighted by Gasteiger charge is 2.33. The van der Waals surface area contributed by atoms with Crippen LogP contribution in [-0.2, 0) is 14.8 Å². The van der Waals surface area contributed by atoms with Crippen LogP contribution in [0.1, 0.15) is 71.3 Å². The van der Waals surface area contributed by atoms with Crippen molar-refractivity contribution in [3.05, 3.63) is 18.2 Å². The van der Waals surface area contributed by atoms with E-state index in [9.17, 15) is 13.2 Å². The summed E-state index contributed by atoms with van der Waals surface area (Å²) < 4.78 is 29.7. The fourth-order valence-electron chi connectivity index (χ4n) is 4.65. The van der Waals surface area contributed by atoms with Crippen LogP contribution in [0.15, 0.2) is 23.1 Å². The van der Waals surface area contributed by atoms with Crippen molar-refractivity contribution in [3.8, 4) is 0 Å². The van der Waals surface area contributed by atoms with Crippen LogP contribution in [0.4, 0.5) is 0 Å². The van der Waals surface area contributed by atoms with Gasteiger partial charge in [0.1, 0.15) is 5.52 Å². The lowest BCUT2D eigenvalue weighted by atomic mass is 9.93. The SMILES string of the molecule is CC[C@H](C)n1nnc2cc(S(=O)(=O)N3CCC(C(=O)NC4CCCCC4)CC3)ccc21. The van der Waals surface area contributed by atoms with Crippen molar-refractivity contribution in [3.63, 3.8) is 0 Å². The maximum absolute atomic E-state index is 13.2. The van der Waals surface area contributed by atoms with Crippen LogP contribution < -0.4 is 5.32 Å². The Morgan fingerprint density at radius 3 is 2.55 bits per heavy atom. The number of nitrogens with one attached hydrogen (secondary N) is 1. The van der Waals surface area contributed by atoms with Crippen LogP contribution in [0.25, 0.3) is 11.0 Å². The van der Waals surface area contributed by atoms with E-state index >= 15 is 0 Å². The molecular weight excluding hydrogens is 414 g/mol. The van der Waals surface area contributed by atoms with Crippen molar-refractivity contribution in [2.75, 3.05) is 13.1 Å². The van der Waals surface area contributed by atoms with E-state index in [-0.39, 0.29) is 22.8 Å². The Hall–Kier alpha value is -2.00. The molecule has 1 N–H and O–H groups in total. The third-order valence-corrected chi connectivity index (χ3v) is 8.76. The molecule has 0 spiro atoms. The van der Waals surface area contributed by atoms with Crippen molar-refractivity contribution in [2.45, 2.75) is 82.2 Å². The van der Waals surface area contributed by atoms with Crippen molar-refractivity contribution in [1.29, 1.82) is 0 Å². The van der Waals surface area contributed by atoms with Crippen LogP contribution in [0.5, 0.6) is 0 Å². The molecule has 0 radical (unpaired) electrons. The van der Waals surface area contributed by atoms with Gasteiger partial charge in [0.15, 0.2) is 0 Å². The molecule has 1 saturated carbocycles. The molecule has 0 unspecified atom stereocenters. The molecular formula is C22H33N5O3S. The van der Waals surface area contributed by atoms with Crippen molar-refractivity contribution in [2.24, 2.45) is 5.92 Å². The fourth-order valence-corrected chi connectivity index (χ4v) is 6.14. The Morgan fingerprint density at radius 2 is 1.87 bits per heavy atom. The minimum absolute atomic E-state index is 0.0898. The van der Waals surface area contributed by atoms with E-state index in [0.29, 0.717) is 37.5 Å². The van der Waals surface area contributed by atoms with E-state index in [2.05, 4.69) is 29.5 Å². The van der Waals surface area contributed by atoms with Gasteiger partial charge < -0.3 is 5.32 Å². The van der Waals surface area contributed by atoms with Gasteiger partial charge in [0.25, 0.3) is 0 Å². The predicted octanol–water partition coefficient (Wildman–Crippen LogP) is 3.25. The normalized spacial score (nSPS) is 20.7. The number of nitrogens with zero attached hydrogens (tertiary/aromatic N) is 4. The lowest BCUT2D eigenvalue weighted by molar-refractivity contribution is -0.127. The first kappa shape index (κ1) is 22.2. The number of hydrogen-bond acceptors (Lipinski definition) is 5.